The van der Waals surface area contributed by atoms with Crippen LogP contribution in [-0.4, -0.2) is 10.7 Å². The van der Waals surface area contributed by atoms with Crippen molar-refractivity contribution in [3.63, 3.8) is 0 Å². The molecule has 142 valence electrons. The highest BCUT2D eigenvalue weighted by molar-refractivity contribution is 9.10. The number of furan rings is 1. The van der Waals surface area contributed by atoms with E-state index < -0.39 is 17.9 Å². The van der Waals surface area contributed by atoms with Gasteiger partial charge >= 0.3 is 0 Å². The molecule has 0 fully saturated rings. The van der Waals surface area contributed by atoms with Gasteiger partial charge in [-0.2, -0.15) is 5.10 Å². The number of hydrogen-bond acceptors (Lipinski definition) is 4. The molecule has 0 saturated heterocycles. The molecule has 7 heteroatoms. The van der Waals surface area contributed by atoms with Crippen molar-refractivity contribution >= 4 is 21.6 Å². The Labute approximate surface area is 168 Å². The van der Waals surface area contributed by atoms with E-state index in [2.05, 4.69) is 15.9 Å². The summed E-state index contributed by atoms with van der Waals surface area (Å²) in [5, 5.41) is 6.53. The SMILES string of the molecule is Cc1ccc(C2=NN3[C@H](C2)c2cc(Br)ccc2O[C@@H]3c2ccc(F)c(F)c2)o1. The summed E-state index contributed by atoms with van der Waals surface area (Å²) in [7, 11) is 0. The van der Waals surface area contributed by atoms with Gasteiger partial charge in [-0.15, -0.1) is 0 Å². The van der Waals surface area contributed by atoms with Crippen LogP contribution in [0.1, 0.15) is 41.3 Å². The number of aryl methyl sites for hydroxylation is 1. The van der Waals surface area contributed by atoms with Crippen LogP contribution in [0.5, 0.6) is 5.75 Å². The molecule has 1 aromatic heterocycles. The number of rotatable bonds is 2. The molecular formula is C21H15BrF2N2O2. The van der Waals surface area contributed by atoms with Crippen LogP contribution in [0.2, 0.25) is 0 Å². The number of halogens is 3. The number of hydrogen-bond donors (Lipinski definition) is 0. The number of fused-ring (bicyclic) bond motifs is 3. The smallest absolute Gasteiger partial charge is 0.213 e. The molecule has 0 bridgehead atoms. The van der Waals surface area contributed by atoms with E-state index in [0.717, 1.165) is 33.6 Å². The fraction of sp³-hybridized carbons (Fsp3) is 0.190. The van der Waals surface area contributed by atoms with Gasteiger partial charge in [-0.05, 0) is 49.4 Å². The lowest BCUT2D eigenvalue weighted by atomic mass is 9.97. The van der Waals surface area contributed by atoms with Crippen molar-refractivity contribution in [1.82, 2.24) is 5.01 Å². The summed E-state index contributed by atoms with van der Waals surface area (Å²) in [4.78, 5) is 0. The Morgan fingerprint density at radius 2 is 1.93 bits per heavy atom. The Morgan fingerprint density at radius 1 is 1.07 bits per heavy atom. The molecule has 0 aliphatic carbocycles. The molecular weight excluding hydrogens is 430 g/mol. The van der Waals surface area contributed by atoms with Crippen LogP contribution in [0.4, 0.5) is 8.78 Å². The molecule has 0 amide bonds. The van der Waals surface area contributed by atoms with E-state index in [1.165, 1.54) is 6.07 Å². The van der Waals surface area contributed by atoms with Gasteiger partial charge in [0, 0.05) is 22.0 Å². The lowest BCUT2D eigenvalue weighted by Crippen LogP contribution is -2.33. The van der Waals surface area contributed by atoms with E-state index in [1.54, 1.807) is 5.01 Å². The fourth-order valence-electron chi connectivity index (χ4n) is 3.68. The van der Waals surface area contributed by atoms with E-state index in [-0.39, 0.29) is 6.04 Å². The molecule has 3 heterocycles. The highest BCUT2D eigenvalue weighted by atomic mass is 79.9. The van der Waals surface area contributed by atoms with Gasteiger partial charge in [0.2, 0.25) is 6.23 Å². The second-order valence-electron chi connectivity index (χ2n) is 6.88. The molecule has 2 atom stereocenters. The van der Waals surface area contributed by atoms with Crippen LogP contribution in [0, 0.1) is 18.6 Å². The first kappa shape index (κ1) is 17.4. The van der Waals surface area contributed by atoms with Gasteiger partial charge in [-0.25, -0.2) is 13.8 Å². The maximum Gasteiger partial charge on any atom is 0.213 e. The average Bonchev–Trinajstić information content (AvgIpc) is 3.30. The zero-order valence-corrected chi connectivity index (χ0v) is 16.4. The van der Waals surface area contributed by atoms with Gasteiger partial charge in [0.25, 0.3) is 0 Å². The first-order valence-electron chi connectivity index (χ1n) is 8.83. The van der Waals surface area contributed by atoms with Gasteiger partial charge in [0.15, 0.2) is 11.6 Å². The number of ether oxygens (including phenoxy) is 1. The van der Waals surface area contributed by atoms with Crippen LogP contribution in [0.15, 0.2) is 62.5 Å². The number of benzene rings is 2. The summed E-state index contributed by atoms with van der Waals surface area (Å²) in [6.45, 7) is 1.88. The Bertz CT molecular complexity index is 1110. The van der Waals surface area contributed by atoms with E-state index in [9.17, 15) is 8.78 Å². The Morgan fingerprint density at radius 3 is 2.68 bits per heavy atom. The van der Waals surface area contributed by atoms with Crippen molar-refractivity contribution in [2.45, 2.75) is 25.6 Å². The van der Waals surface area contributed by atoms with E-state index >= 15 is 0 Å². The lowest BCUT2D eigenvalue weighted by Gasteiger charge is -2.38. The van der Waals surface area contributed by atoms with Gasteiger partial charge in [-0.3, -0.25) is 0 Å². The first-order chi connectivity index (χ1) is 13.5. The maximum absolute atomic E-state index is 13.9. The summed E-state index contributed by atoms with van der Waals surface area (Å²) in [5.74, 6) is 0.402. The molecule has 0 saturated carbocycles. The van der Waals surface area contributed by atoms with Gasteiger partial charge in [-0.1, -0.05) is 22.0 Å². The summed E-state index contributed by atoms with van der Waals surface area (Å²) in [6, 6.07) is 13.2. The largest absolute Gasteiger partial charge is 0.464 e. The quantitative estimate of drug-likeness (QED) is 0.495. The molecule has 0 radical (unpaired) electrons. The van der Waals surface area contributed by atoms with Crippen LogP contribution in [0.25, 0.3) is 0 Å². The minimum Gasteiger partial charge on any atom is -0.464 e. The summed E-state index contributed by atoms with van der Waals surface area (Å²) >= 11 is 3.51. The Hall–Kier alpha value is -2.67. The highest BCUT2D eigenvalue weighted by Crippen LogP contribution is 2.48. The van der Waals surface area contributed by atoms with Gasteiger partial charge in [0.05, 0.1) is 6.04 Å². The predicted octanol–water partition coefficient (Wildman–Crippen LogP) is 5.87. The molecule has 0 unspecified atom stereocenters. The second-order valence-corrected chi connectivity index (χ2v) is 7.80. The van der Waals surface area contributed by atoms with E-state index in [0.29, 0.717) is 23.5 Å². The Kier molecular flexibility index (Phi) is 4.01. The molecule has 2 aliphatic heterocycles. The molecule has 0 spiro atoms. The van der Waals surface area contributed by atoms with Crippen LogP contribution >= 0.6 is 15.9 Å². The van der Waals surface area contributed by atoms with Crippen molar-refractivity contribution in [2.75, 3.05) is 0 Å². The molecule has 2 aromatic carbocycles. The van der Waals surface area contributed by atoms with E-state index in [1.807, 2.05) is 37.3 Å². The summed E-state index contributed by atoms with van der Waals surface area (Å²) in [5.41, 5.74) is 2.27. The van der Waals surface area contributed by atoms with Crippen LogP contribution < -0.4 is 4.74 Å². The molecule has 0 N–H and O–H groups in total. The minimum atomic E-state index is -0.913. The zero-order chi connectivity index (χ0) is 19.4. The fourth-order valence-corrected chi connectivity index (χ4v) is 4.06. The third-order valence-corrected chi connectivity index (χ3v) is 5.50. The number of nitrogens with zero attached hydrogens (tertiary/aromatic N) is 2. The summed E-state index contributed by atoms with van der Waals surface area (Å²) in [6.07, 6.45) is -0.0396. The summed E-state index contributed by atoms with van der Waals surface area (Å²) < 4.78 is 40.1. The van der Waals surface area contributed by atoms with Crippen molar-refractivity contribution in [3.05, 3.63) is 87.3 Å². The normalized spacial score (nSPS) is 20.4. The predicted molar refractivity (Wildman–Crippen MR) is 103 cm³/mol. The third kappa shape index (κ3) is 2.81. The molecule has 4 nitrogen and oxygen atoms in total. The van der Waals surface area contributed by atoms with Crippen molar-refractivity contribution in [1.29, 1.82) is 0 Å². The monoisotopic (exact) mass is 444 g/mol. The second kappa shape index (κ2) is 6.44. The van der Waals surface area contributed by atoms with Crippen molar-refractivity contribution in [3.8, 4) is 5.75 Å². The average molecular weight is 445 g/mol. The first-order valence-corrected chi connectivity index (χ1v) is 9.62. The van der Waals surface area contributed by atoms with Crippen LogP contribution in [0.3, 0.4) is 0 Å². The topological polar surface area (TPSA) is 38.0 Å². The molecule has 3 aromatic rings. The third-order valence-electron chi connectivity index (χ3n) is 5.01. The standard InChI is InChI=1S/C21H15BrF2N2O2/c1-11-2-6-20(27-11)17-10-18-14-9-13(22)4-7-19(14)28-21(26(18)25-17)12-3-5-15(23)16(24)8-12/h2-9,18,21H,10H2,1H3/t18-,21-/m1/s1. The molecule has 2 aliphatic rings. The number of hydrazone groups is 1. The van der Waals surface area contributed by atoms with Crippen LogP contribution in [-0.2, 0) is 0 Å². The van der Waals surface area contributed by atoms with Crippen molar-refractivity contribution in [2.24, 2.45) is 5.10 Å². The molecule has 28 heavy (non-hydrogen) atoms. The maximum atomic E-state index is 13.9. The molecule has 5 rings (SSSR count). The van der Waals surface area contributed by atoms with Crippen molar-refractivity contribution < 1.29 is 17.9 Å². The highest BCUT2D eigenvalue weighted by Gasteiger charge is 2.41. The zero-order valence-electron chi connectivity index (χ0n) is 14.8. The lowest BCUT2D eigenvalue weighted by molar-refractivity contribution is -0.0193. The van der Waals surface area contributed by atoms with Gasteiger partial charge in [0.1, 0.15) is 23.0 Å². The Balaban J connectivity index is 1.62. The van der Waals surface area contributed by atoms with E-state index in [4.69, 9.17) is 14.3 Å². The van der Waals surface area contributed by atoms with Gasteiger partial charge < -0.3 is 9.15 Å². The minimum absolute atomic E-state index is 0.0974.